The molecule has 2 heterocycles. The summed E-state index contributed by atoms with van der Waals surface area (Å²) in [7, 11) is 3.67. The number of aliphatic hydroxyl groups is 2. The van der Waals surface area contributed by atoms with Gasteiger partial charge in [0.1, 0.15) is 24.3 Å². The quantitative estimate of drug-likeness (QED) is 0.550. The van der Waals surface area contributed by atoms with E-state index < -0.39 is 18.4 Å². The van der Waals surface area contributed by atoms with Crippen molar-refractivity contribution < 1.29 is 14.9 Å². The molecule has 1 aromatic rings. The number of aliphatic hydroxyl groups excluding tert-OH is 2. The molecule has 0 saturated carbocycles. The highest BCUT2D eigenvalue weighted by atomic mass is 16.5. The predicted molar refractivity (Wildman–Crippen MR) is 70.8 cm³/mol. The van der Waals surface area contributed by atoms with Gasteiger partial charge in [0.05, 0.1) is 12.7 Å². The van der Waals surface area contributed by atoms with Crippen LogP contribution in [0.15, 0.2) is 6.33 Å². The number of aromatic nitrogens is 2. The zero-order valence-electron chi connectivity index (χ0n) is 10.9. The van der Waals surface area contributed by atoms with E-state index in [1.807, 2.05) is 14.1 Å². The molecule has 2 rings (SSSR count). The van der Waals surface area contributed by atoms with Crippen molar-refractivity contribution in [2.24, 2.45) is 0 Å². The van der Waals surface area contributed by atoms with Crippen LogP contribution < -0.4 is 16.0 Å². The van der Waals surface area contributed by atoms with Gasteiger partial charge in [-0.15, -0.1) is 0 Å². The molecule has 0 aromatic carbocycles. The Balaban J connectivity index is 2.10. The standard InChI is InChI=1S/C11H19N5O3/c1-16(2)11-9(12)10(13-5-14-11)15-8-3-6(18)7(4-17)19-8/h5-8,17-18H,3-4,12H2,1-2H3,(H,13,14,15)/t6?,7-,8?/m1/s1. The molecule has 3 atom stereocenters. The maximum Gasteiger partial charge on any atom is 0.156 e. The van der Waals surface area contributed by atoms with Crippen molar-refractivity contribution in [3.8, 4) is 0 Å². The first-order chi connectivity index (χ1) is 9.02. The highest BCUT2D eigenvalue weighted by molar-refractivity contribution is 5.74. The lowest BCUT2D eigenvalue weighted by Crippen LogP contribution is -2.25. The summed E-state index contributed by atoms with van der Waals surface area (Å²) in [6, 6.07) is 0. The van der Waals surface area contributed by atoms with Crippen molar-refractivity contribution in [2.45, 2.75) is 24.9 Å². The number of nitrogens with two attached hydrogens (primary N) is 1. The summed E-state index contributed by atoms with van der Waals surface area (Å²) in [6.07, 6.45) is 0.0710. The van der Waals surface area contributed by atoms with E-state index in [1.165, 1.54) is 6.33 Å². The summed E-state index contributed by atoms with van der Waals surface area (Å²) in [5.74, 6) is 1.06. The molecule has 106 valence electrons. The third kappa shape index (κ3) is 2.86. The summed E-state index contributed by atoms with van der Waals surface area (Å²) in [4.78, 5) is 9.92. The predicted octanol–water partition coefficient (Wildman–Crippen LogP) is -0.995. The van der Waals surface area contributed by atoms with Crippen molar-refractivity contribution in [1.29, 1.82) is 0 Å². The highest BCUT2D eigenvalue weighted by Gasteiger charge is 2.33. The molecule has 1 aliphatic rings. The fourth-order valence-electron chi connectivity index (χ4n) is 2.00. The number of ether oxygens (including phenoxy) is 1. The zero-order chi connectivity index (χ0) is 14.0. The summed E-state index contributed by atoms with van der Waals surface area (Å²) in [5, 5.41) is 21.7. The molecule has 0 spiro atoms. The molecule has 5 N–H and O–H groups in total. The zero-order valence-corrected chi connectivity index (χ0v) is 10.9. The maximum absolute atomic E-state index is 9.65. The molecule has 2 unspecified atom stereocenters. The Kier molecular flexibility index (Phi) is 4.03. The summed E-state index contributed by atoms with van der Waals surface area (Å²) < 4.78 is 5.44. The molecule has 8 heteroatoms. The van der Waals surface area contributed by atoms with Gasteiger partial charge < -0.3 is 30.9 Å². The Bertz CT molecular complexity index is 442. The van der Waals surface area contributed by atoms with Gasteiger partial charge in [0.25, 0.3) is 0 Å². The fourth-order valence-corrected chi connectivity index (χ4v) is 2.00. The van der Waals surface area contributed by atoms with E-state index in [9.17, 15) is 5.11 Å². The molecule has 0 radical (unpaired) electrons. The fraction of sp³-hybridized carbons (Fsp3) is 0.636. The van der Waals surface area contributed by atoms with Crippen LogP contribution in [-0.2, 0) is 4.74 Å². The van der Waals surface area contributed by atoms with Crippen LogP contribution in [0.2, 0.25) is 0 Å². The van der Waals surface area contributed by atoms with E-state index in [-0.39, 0.29) is 6.61 Å². The van der Waals surface area contributed by atoms with E-state index in [1.54, 1.807) is 4.90 Å². The minimum Gasteiger partial charge on any atom is -0.394 e. The minimum atomic E-state index is -0.695. The molecule has 0 amide bonds. The van der Waals surface area contributed by atoms with Gasteiger partial charge in [-0.2, -0.15) is 0 Å². The Morgan fingerprint density at radius 2 is 2.26 bits per heavy atom. The van der Waals surface area contributed by atoms with Crippen LogP contribution >= 0.6 is 0 Å². The van der Waals surface area contributed by atoms with Gasteiger partial charge in [-0.3, -0.25) is 0 Å². The van der Waals surface area contributed by atoms with Crippen molar-refractivity contribution in [1.82, 2.24) is 9.97 Å². The monoisotopic (exact) mass is 269 g/mol. The first kappa shape index (κ1) is 13.8. The molecule has 8 nitrogen and oxygen atoms in total. The maximum atomic E-state index is 9.65. The van der Waals surface area contributed by atoms with Gasteiger partial charge >= 0.3 is 0 Å². The van der Waals surface area contributed by atoms with Crippen molar-refractivity contribution in [3.63, 3.8) is 0 Å². The third-order valence-corrected chi connectivity index (χ3v) is 2.99. The molecule has 19 heavy (non-hydrogen) atoms. The Hall–Kier alpha value is -1.64. The smallest absolute Gasteiger partial charge is 0.156 e. The normalized spacial score (nSPS) is 26.4. The number of hydrogen-bond donors (Lipinski definition) is 4. The lowest BCUT2D eigenvalue weighted by molar-refractivity contribution is -0.0149. The van der Waals surface area contributed by atoms with Crippen LogP contribution in [0.4, 0.5) is 17.3 Å². The second-order valence-corrected chi connectivity index (χ2v) is 4.65. The van der Waals surface area contributed by atoms with Gasteiger partial charge in [-0.05, 0) is 0 Å². The first-order valence-corrected chi connectivity index (χ1v) is 6.01. The molecule has 1 aliphatic heterocycles. The molecule has 0 bridgehead atoms. The van der Waals surface area contributed by atoms with Crippen molar-refractivity contribution in [2.75, 3.05) is 36.7 Å². The van der Waals surface area contributed by atoms with Crippen molar-refractivity contribution in [3.05, 3.63) is 6.33 Å². The molecule has 0 aliphatic carbocycles. The van der Waals surface area contributed by atoms with Gasteiger partial charge in [0.2, 0.25) is 0 Å². The SMILES string of the molecule is CN(C)c1ncnc(NC2CC(O)[C@@H](CO)O2)c1N. The summed E-state index contributed by atoms with van der Waals surface area (Å²) in [6.45, 7) is -0.221. The van der Waals surface area contributed by atoms with Crippen LogP contribution in [0.3, 0.4) is 0 Å². The highest BCUT2D eigenvalue weighted by Crippen LogP contribution is 2.28. The Labute approximate surface area is 111 Å². The summed E-state index contributed by atoms with van der Waals surface area (Å²) >= 11 is 0. The molecular weight excluding hydrogens is 250 g/mol. The Morgan fingerprint density at radius 1 is 1.53 bits per heavy atom. The second-order valence-electron chi connectivity index (χ2n) is 4.65. The lowest BCUT2D eigenvalue weighted by atomic mass is 10.2. The summed E-state index contributed by atoms with van der Waals surface area (Å²) in [5.41, 5.74) is 6.38. The van der Waals surface area contributed by atoms with Gasteiger partial charge in [-0.25, -0.2) is 9.97 Å². The Morgan fingerprint density at radius 3 is 2.84 bits per heavy atom. The van der Waals surface area contributed by atoms with E-state index in [4.69, 9.17) is 15.6 Å². The number of rotatable bonds is 4. The van der Waals surface area contributed by atoms with E-state index in [0.717, 1.165) is 0 Å². The number of hydrogen-bond acceptors (Lipinski definition) is 8. The number of anilines is 3. The largest absolute Gasteiger partial charge is 0.394 e. The second kappa shape index (κ2) is 5.55. The first-order valence-electron chi connectivity index (χ1n) is 6.01. The topological polar surface area (TPSA) is 117 Å². The van der Waals surface area contributed by atoms with Crippen molar-refractivity contribution >= 4 is 17.3 Å². The molecular formula is C11H19N5O3. The van der Waals surface area contributed by atoms with Gasteiger partial charge in [-0.1, -0.05) is 0 Å². The van der Waals surface area contributed by atoms with Crippen LogP contribution in [0.5, 0.6) is 0 Å². The average Bonchev–Trinajstić information content (AvgIpc) is 2.71. The number of nitrogen functional groups attached to an aromatic ring is 1. The molecule has 1 aromatic heterocycles. The number of nitrogens with zero attached hydrogens (tertiary/aromatic N) is 3. The minimum absolute atomic E-state index is 0.221. The number of nitrogens with one attached hydrogen (secondary N) is 1. The van der Waals surface area contributed by atoms with E-state index >= 15 is 0 Å². The van der Waals surface area contributed by atoms with Crippen LogP contribution in [0.1, 0.15) is 6.42 Å². The average molecular weight is 269 g/mol. The van der Waals surface area contributed by atoms with Crippen LogP contribution in [-0.4, -0.2) is 59.3 Å². The molecule has 1 fully saturated rings. The van der Waals surface area contributed by atoms with E-state index in [2.05, 4.69) is 15.3 Å². The van der Waals surface area contributed by atoms with E-state index in [0.29, 0.717) is 23.7 Å². The molecule has 1 saturated heterocycles. The van der Waals surface area contributed by atoms with Crippen LogP contribution in [0.25, 0.3) is 0 Å². The third-order valence-electron chi connectivity index (χ3n) is 2.99. The lowest BCUT2D eigenvalue weighted by Gasteiger charge is -2.19. The van der Waals surface area contributed by atoms with Gasteiger partial charge in [0.15, 0.2) is 11.6 Å². The van der Waals surface area contributed by atoms with Gasteiger partial charge in [0, 0.05) is 20.5 Å². The van der Waals surface area contributed by atoms with Crippen LogP contribution in [0, 0.1) is 0 Å².